The molecule has 2 aromatic rings. The largest absolute Gasteiger partial charge is 0.354 e. The van der Waals surface area contributed by atoms with Crippen molar-refractivity contribution in [1.29, 1.82) is 0 Å². The summed E-state index contributed by atoms with van der Waals surface area (Å²) < 4.78 is 0. The van der Waals surface area contributed by atoms with E-state index in [9.17, 15) is 4.79 Å². The van der Waals surface area contributed by atoms with Crippen LogP contribution in [0.3, 0.4) is 0 Å². The molecule has 1 aromatic carbocycles. The van der Waals surface area contributed by atoms with Crippen LogP contribution in [0.2, 0.25) is 0 Å². The number of aromatic nitrogens is 2. The number of hydrogen-bond donors (Lipinski definition) is 1. The standard InChI is InChI=1S/C23H30N4O/c1-4-27(20-12-8-9-17(2)15-20)22(28)21-16-18(3)25-23(26-21)24-14-13-19-10-6-5-7-11-19/h8-10,12,15-16H,4-7,11,13-14H2,1-3H3,(H,24,25,26). The Morgan fingerprint density at radius 1 is 1.18 bits per heavy atom. The van der Waals surface area contributed by atoms with Crippen molar-refractivity contribution in [3.63, 3.8) is 0 Å². The summed E-state index contributed by atoms with van der Waals surface area (Å²) in [4.78, 5) is 23.8. The second kappa shape index (κ2) is 9.49. The minimum absolute atomic E-state index is 0.100. The fraction of sp³-hybridized carbons (Fsp3) is 0.435. The maximum Gasteiger partial charge on any atom is 0.277 e. The summed E-state index contributed by atoms with van der Waals surface area (Å²) in [5.41, 5.74) is 4.75. The summed E-state index contributed by atoms with van der Waals surface area (Å²) in [6.07, 6.45) is 8.35. The monoisotopic (exact) mass is 378 g/mol. The molecule has 5 nitrogen and oxygen atoms in total. The molecule has 0 spiro atoms. The third-order valence-electron chi connectivity index (χ3n) is 5.06. The Morgan fingerprint density at radius 2 is 2.04 bits per heavy atom. The van der Waals surface area contributed by atoms with E-state index in [2.05, 4.69) is 21.4 Å². The van der Waals surface area contributed by atoms with Crippen molar-refractivity contribution in [2.45, 2.75) is 52.9 Å². The van der Waals surface area contributed by atoms with Crippen molar-refractivity contribution in [2.24, 2.45) is 0 Å². The molecule has 148 valence electrons. The summed E-state index contributed by atoms with van der Waals surface area (Å²) in [5.74, 6) is 0.427. The van der Waals surface area contributed by atoms with Gasteiger partial charge in [0.1, 0.15) is 5.69 Å². The number of anilines is 2. The molecule has 28 heavy (non-hydrogen) atoms. The minimum Gasteiger partial charge on any atom is -0.354 e. The van der Waals surface area contributed by atoms with Gasteiger partial charge in [0, 0.05) is 24.5 Å². The van der Waals surface area contributed by atoms with Crippen LogP contribution in [0.5, 0.6) is 0 Å². The Hall–Kier alpha value is -2.69. The van der Waals surface area contributed by atoms with E-state index in [1.807, 2.05) is 45.0 Å². The molecule has 0 radical (unpaired) electrons. The van der Waals surface area contributed by atoms with Crippen LogP contribution in [-0.4, -0.2) is 29.0 Å². The number of hydrogen-bond acceptors (Lipinski definition) is 4. The van der Waals surface area contributed by atoms with E-state index in [0.29, 0.717) is 18.2 Å². The Morgan fingerprint density at radius 3 is 2.75 bits per heavy atom. The zero-order chi connectivity index (χ0) is 19.9. The van der Waals surface area contributed by atoms with Gasteiger partial charge in [0.05, 0.1) is 0 Å². The molecule has 0 saturated carbocycles. The maximum atomic E-state index is 13.1. The lowest BCUT2D eigenvalue weighted by Gasteiger charge is -2.21. The molecule has 1 heterocycles. The molecule has 3 rings (SSSR count). The van der Waals surface area contributed by atoms with Crippen LogP contribution in [0.1, 0.15) is 60.8 Å². The predicted octanol–water partition coefficient (Wildman–Crippen LogP) is 5.06. The first-order valence-corrected chi connectivity index (χ1v) is 10.2. The van der Waals surface area contributed by atoms with Crippen molar-refractivity contribution < 1.29 is 4.79 Å². The zero-order valence-corrected chi connectivity index (χ0v) is 17.2. The van der Waals surface area contributed by atoms with E-state index in [4.69, 9.17) is 0 Å². The number of allylic oxidation sites excluding steroid dienone is 1. The normalized spacial score (nSPS) is 13.8. The highest BCUT2D eigenvalue weighted by Crippen LogP contribution is 2.21. The van der Waals surface area contributed by atoms with Gasteiger partial charge in [-0.05, 0) is 76.6 Å². The molecule has 0 fully saturated rings. The molecule has 1 N–H and O–H groups in total. The molecule has 0 bridgehead atoms. The van der Waals surface area contributed by atoms with Crippen LogP contribution in [0.4, 0.5) is 11.6 Å². The predicted molar refractivity (Wildman–Crippen MR) is 115 cm³/mol. The smallest absolute Gasteiger partial charge is 0.277 e. The van der Waals surface area contributed by atoms with E-state index in [1.54, 1.807) is 11.0 Å². The number of benzene rings is 1. The fourth-order valence-corrected chi connectivity index (χ4v) is 3.60. The zero-order valence-electron chi connectivity index (χ0n) is 17.2. The molecular weight excluding hydrogens is 348 g/mol. The van der Waals surface area contributed by atoms with Gasteiger partial charge in [-0.25, -0.2) is 9.97 Å². The Labute approximate surface area is 167 Å². The summed E-state index contributed by atoms with van der Waals surface area (Å²) in [7, 11) is 0. The lowest BCUT2D eigenvalue weighted by atomic mass is 9.97. The van der Waals surface area contributed by atoms with Crippen LogP contribution in [-0.2, 0) is 0 Å². The Kier molecular flexibility index (Phi) is 6.80. The van der Waals surface area contributed by atoms with Crippen LogP contribution >= 0.6 is 0 Å². The van der Waals surface area contributed by atoms with Crippen molar-refractivity contribution in [3.05, 3.63) is 58.9 Å². The summed E-state index contributed by atoms with van der Waals surface area (Å²) in [6.45, 7) is 7.28. The van der Waals surface area contributed by atoms with Gasteiger partial charge in [0.2, 0.25) is 5.95 Å². The van der Waals surface area contributed by atoms with Crippen molar-refractivity contribution in [2.75, 3.05) is 23.3 Å². The average Bonchev–Trinajstić information content (AvgIpc) is 2.69. The Balaban J connectivity index is 1.72. The van der Waals surface area contributed by atoms with Gasteiger partial charge in [0.15, 0.2) is 0 Å². The highest BCUT2D eigenvalue weighted by atomic mass is 16.2. The molecule has 0 atom stereocenters. The summed E-state index contributed by atoms with van der Waals surface area (Å²) >= 11 is 0. The van der Waals surface area contributed by atoms with Gasteiger partial charge in [-0.2, -0.15) is 0 Å². The number of nitrogens with one attached hydrogen (secondary N) is 1. The van der Waals surface area contributed by atoms with Crippen molar-refractivity contribution in [1.82, 2.24) is 9.97 Å². The number of amides is 1. The second-order valence-corrected chi connectivity index (χ2v) is 7.39. The lowest BCUT2D eigenvalue weighted by molar-refractivity contribution is 0.0983. The molecule has 5 heteroatoms. The average molecular weight is 379 g/mol. The van der Waals surface area contributed by atoms with E-state index in [1.165, 1.54) is 31.3 Å². The maximum absolute atomic E-state index is 13.1. The first kappa shape index (κ1) is 20.1. The first-order valence-electron chi connectivity index (χ1n) is 10.2. The molecule has 0 saturated heterocycles. The molecule has 1 amide bonds. The Bertz CT molecular complexity index is 859. The van der Waals surface area contributed by atoms with Crippen molar-refractivity contribution in [3.8, 4) is 0 Å². The number of aryl methyl sites for hydroxylation is 2. The molecule has 1 aromatic heterocycles. The number of nitrogens with zero attached hydrogens (tertiary/aromatic N) is 3. The highest BCUT2D eigenvalue weighted by Gasteiger charge is 2.19. The van der Waals surface area contributed by atoms with Crippen LogP contribution in [0.25, 0.3) is 0 Å². The molecule has 0 aliphatic heterocycles. The van der Waals surface area contributed by atoms with Crippen LogP contribution in [0, 0.1) is 13.8 Å². The third kappa shape index (κ3) is 5.18. The molecular formula is C23H30N4O. The van der Waals surface area contributed by atoms with Gasteiger partial charge in [0.25, 0.3) is 5.91 Å². The van der Waals surface area contributed by atoms with E-state index < -0.39 is 0 Å². The van der Waals surface area contributed by atoms with Gasteiger partial charge in [-0.15, -0.1) is 0 Å². The van der Waals surface area contributed by atoms with E-state index >= 15 is 0 Å². The van der Waals surface area contributed by atoms with Gasteiger partial charge in [-0.3, -0.25) is 4.79 Å². The third-order valence-corrected chi connectivity index (χ3v) is 5.06. The van der Waals surface area contributed by atoms with Crippen LogP contribution in [0.15, 0.2) is 42.0 Å². The SMILES string of the molecule is CCN(C(=O)c1cc(C)nc(NCCC2=CCCCC2)n1)c1cccc(C)c1. The fourth-order valence-electron chi connectivity index (χ4n) is 3.60. The van der Waals surface area contributed by atoms with Crippen LogP contribution < -0.4 is 10.2 Å². The minimum atomic E-state index is -0.100. The quantitative estimate of drug-likeness (QED) is 0.684. The van der Waals surface area contributed by atoms with E-state index in [-0.39, 0.29) is 5.91 Å². The van der Waals surface area contributed by atoms with E-state index in [0.717, 1.165) is 29.9 Å². The number of carbonyl (C=O) groups is 1. The van der Waals surface area contributed by atoms with Gasteiger partial charge >= 0.3 is 0 Å². The summed E-state index contributed by atoms with van der Waals surface area (Å²) in [6, 6.07) is 9.74. The number of rotatable bonds is 7. The van der Waals surface area contributed by atoms with Gasteiger partial charge < -0.3 is 10.2 Å². The second-order valence-electron chi connectivity index (χ2n) is 7.39. The van der Waals surface area contributed by atoms with Gasteiger partial charge in [-0.1, -0.05) is 23.8 Å². The molecule has 0 unspecified atom stereocenters. The first-order chi connectivity index (χ1) is 13.6. The topological polar surface area (TPSA) is 58.1 Å². The molecule has 1 aliphatic carbocycles. The molecule has 1 aliphatic rings. The number of carbonyl (C=O) groups excluding carboxylic acids is 1. The summed E-state index contributed by atoms with van der Waals surface area (Å²) in [5, 5.41) is 3.30. The lowest BCUT2D eigenvalue weighted by Crippen LogP contribution is -2.31. The van der Waals surface area contributed by atoms with Crippen molar-refractivity contribution >= 4 is 17.5 Å². The highest BCUT2D eigenvalue weighted by molar-refractivity contribution is 6.05.